The summed E-state index contributed by atoms with van der Waals surface area (Å²) in [5.74, 6) is 1.42. The third kappa shape index (κ3) is 8.03. The van der Waals surface area contributed by atoms with E-state index in [2.05, 4.69) is 10.2 Å². The van der Waals surface area contributed by atoms with Gasteiger partial charge in [-0.1, -0.05) is 11.6 Å². The van der Waals surface area contributed by atoms with Crippen molar-refractivity contribution in [1.82, 2.24) is 10.2 Å². The predicted octanol–water partition coefficient (Wildman–Crippen LogP) is 3.65. The summed E-state index contributed by atoms with van der Waals surface area (Å²) in [6, 6.07) is 8.39. The number of nitrogens with two attached hydrogens (primary N) is 1. The summed E-state index contributed by atoms with van der Waals surface area (Å²) in [7, 11) is 4.64. The van der Waals surface area contributed by atoms with Crippen LogP contribution in [0.15, 0.2) is 36.4 Å². The topological polar surface area (TPSA) is 112 Å². The van der Waals surface area contributed by atoms with Gasteiger partial charge in [-0.2, -0.15) is 0 Å². The molecule has 1 amide bonds. The maximum absolute atomic E-state index is 12.5. The fourth-order valence-corrected chi connectivity index (χ4v) is 4.26. The molecule has 1 aliphatic rings. The number of halogens is 1. The molecule has 1 heterocycles. The van der Waals surface area contributed by atoms with E-state index in [9.17, 15) is 9.59 Å². The van der Waals surface area contributed by atoms with Gasteiger partial charge in [0.25, 0.3) is 0 Å². The third-order valence-electron chi connectivity index (χ3n) is 6.30. The number of nitrogens with one attached hydrogen (secondary N) is 1. The molecule has 0 bridgehead atoms. The van der Waals surface area contributed by atoms with Gasteiger partial charge in [-0.05, 0) is 62.2 Å². The minimum absolute atomic E-state index is 0.155. The molecule has 2 aromatic carbocycles. The monoisotopic (exact) mass is 531 g/mol. The Kier molecular flexibility index (Phi) is 10.5. The molecule has 1 aliphatic heterocycles. The van der Waals surface area contributed by atoms with Crippen molar-refractivity contribution in [3.05, 3.63) is 52.6 Å². The lowest BCUT2D eigenvalue weighted by Crippen LogP contribution is -2.39. The van der Waals surface area contributed by atoms with Crippen LogP contribution in [-0.4, -0.2) is 70.9 Å². The number of benzene rings is 2. The fourth-order valence-electron chi connectivity index (χ4n) is 4.10. The number of rotatable bonds is 11. The van der Waals surface area contributed by atoms with Crippen molar-refractivity contribution in [3.63, 3.8) is 0 Å². The highest BCUT2D eigenvalue weighted by atomic mass is 35.5. The zero-order chi connectivity index (χ0) is 26.8. The van der Waals surface area contributed by atoms with Gasteiger partial charge >= 0.3 is 5.97 Å². The number of hydrogen-bond donors (Lipinski definition) is 2. The number of carbonyl (C=O) groups excluding carboxylic acids is 2. The van der Waals surface area contributed by atoms with Crippen molar-refractivity contribution in [3.8, 4) is 17.2 Å². The van der Waals surface area contributed by atoms with Crippen molar-refractivity contribution in [2.24, 2.45) is 5.92 Å². The number of amides is 1. The molecule has 0 aliphatic carbocycles. The second kappa shape index (κ2) is 13.8. The average molecular weight is 532 g/mol. The number of nitrogen functional groups attached to an aromatic ring is 1. The van der Waals surface area contributed by atoms with Crippen LogP contribution in [0.2, 0.25) is 5.02 Å². The first-order valence-corrected chi connectivity index (χ1v) is 12.4. The van der Waals surface area contributed by atoms with Gasteiger partial charge < -0.3 is 30.0 Å². The minimum Gasteiger partial charge on any atom is -0.497 e. The predicted molar refractivity (Wildman–Crippen MR) is 143 cm³/mol. The first-order chi connectivity index (χ1) is 17.8. The lowest BCUT2D eigenvalue weighted by molar-refractivity contribution is -0.116. The largest absolute Gasteiger partial charge is 0.497 e. The normalized spacial score (nSPS) is 14.4. The van der Waals surface area contributed by atoms with Gasteiger partial charge in [0.2, 0.25) is 5.91 Å². The number of methoxy groups -OCH3 is 3. The molecule has 37 heavy (non-hydrogen) atoms. The smallest absolute Gasteiger partial charge is 0.342 e. The summed E-state index contributed by atoms with van der Waals surface area (Å²) in [5.41, 5.74) is 7.11. The van der Waals surface area contributed by atoms with Crippen molar-refractivity contribution in [2.75, 3.05) is 59.8 Å². The second-order valence-corrected chi connectivity index (χ2v) is 9.09. The summed E-state index contributed by atoms with van der Waals surface area (Å²) in [6.07, 6.45) is 5.12. The minimum atomic E-state index is -0.504. The Morgan fingerprint density at radius 2 is 1.81 bits per heavy atom. The SMILES string of the molecule is COc1ccc(OC)c(/C=C/C(=O)NCC2CCN(CCOC(=O)c3cc(Cl)c(N)cc3OC)CC2)c1. The summed E-state index contributed by atoms with van der Waals surface area (Å²) in [6.45, 7) is 3.22. The van der Waals surface area contributed by atoms with Gasteiger partial charge in [0.15, 0.2) is 0 Å². The third-order valence-corrected chi connectivity index (χ3v) is 6.63. The molecule has 200 valence electrons. The Hall–Kier alpha value is -3.43. The number of ether oxygens (including phenoxy) is 4. The molecule has 2 aromatic rings. The molecule has 10 heteroatoms. The van der Waals surface area contributed by atoms with E-state index in [0.29, 0.717) is 41.9 Å². The van der Waals surface area contributed by atoms with E-state index in [1.165, 1.54) is 25.3 Å². The van der Waals surface area contributed by atoms with Crippen LogP contribution in [0.4, 0.5) is 5.69 Å². The van der Waals surface area contributed by atoms with Gasteiger partial charge in [0, 0.05) is 30.8 Å². The molecule has 3 rings (SSSR count). The number of anilines is 1. The van der Waals surface area contributed by atoms with E-state index in [4.69, 9.17) is 36.3 Å². The van der Waals surface area contributed by atoms with Crippen LogP contribution in [0.3, 0.4) is 0 Å². The highest BCUT2D eigenvalue weighted by Gasteiger charge is 2.21. The van der Waals surface area contributed by atoms with Crippen LogP contribution < -0.4 is 25.3 Å². The molecule has 1 fully saturated rings. The Morgan fingerprint density at radius 3 is 2.49 bits per heavy atom. The molecule has 0 radical (unpaired) electrons. The molecule has 3 N–H and O–H groups in total. The Morgan fingerprint density at radius 1 is 1.08 bits per heavy atom. The lowest BCUT2D eigenvalue weighted by atomic mass is 9.97. The number of carbonyl (C=O) groups is 2. The van der Waals surface area contributed by atoms with Gasteiger partial charge in [-0.3, -0.25) is 9.69 Å². The van der Waals surface area contributed by atoms with Gasteiger partial charge in [-0.25, -0.2) is 4.79 Å². The van der Waals surface area contributed by atoms with Crippen molar-refractivity contribution >= 4 is 35.2 Å². The van der Waals surface area contributed by atoms with Crippen LogP contribution in [0, 0.1) is 5.92 Å². The molecular formula is C27H34ClN3O6. The summed E-state index contributed by atoms with van der Waals surface area (Å²) < 4.78 is 21.2. The number of esters is 1. The Labute approximate surface area is 222 Å². The zero-order valence-electron chi connectivity index (χ0n) is 21.4. The van der Waals surface area contributed by atoms with Crippen LogP contribution in [0.25, 0.3) is 6.08 Å². The molecule has 0 saturated carbocycles. The standard InChI is InChI=1S/C27H34ClN3O6/c1-34-20-5-6-24(35-2)19(14-20)4-7-26(32)30-17-18-8-10-31(11-9-18)12-13-37-27(33)21-15-22(28)23(29)16-25(21)36-3/h4-7,14-16,18H,8-13,17,29H2,1-3H3,(H,30,32)/b7-4+. The van der Waals surface area contributed by atoms with E-state index in [1.807, 2.05) is 6.07 Å². The first-order valence-electron chi connectivity index (χ1n) is 12.0. The molecule has 1 saturated heterocycles. The van der Waals surface area contributed by atoms with Crippen LogP contribution in [0.1, 0.15) is 28.8 Å². The van der Waals surface area contributed by atoms with Crippen LogP contribution in [0.5, 0.6) is 17.2 Å². The second-order valence-electron chi connectivity index (χ2n) is 8.68. The molecule has 0 aromatic heterocycles. The van der Waals surface area contributed by atoms with Crippen molar-refractivity contribution in [2.45, 2.75) is 12.8 Å². The van der Waals surface area contributed by atoms with E-state index >= 15 is 0 Å². The first kappa shape index (κ1) is 28.1. The van der Waals surface area contributed by atoms with E-state index in [-0.39, 0.29) is 23.1 Å². The van der Waals surface area contributed by atoms with E-state index in [1.54, 1.807) is 32.4 Å². The van der Waals surface area contributed by atoms with E-state index in [0.717, 1.165) is 31.5 Å². The van der Waals surface area contributed by atoms with E-state index < -0.39 is 5.97 Å². The number of piperidine rings is 1. The summed E-state index contributed by atoms with van der Waals surface area (Å²) >= 11 is 6.03. The van der Waals surface area contributed by atoms with Gasteiger partial charge in [0.1, 0.15) is 29.4 Å². The Balaban J connectivity index is 1.38. The molecule has 0 unspecified atom stereocenters. The highest BCUT2D eigenvalue weighted by molar-refractivity contribution is 6.33. The van der Waals surface area contributed by atoms with Crippen LogP contribution >= 0.6 is 11.6 Å². The molecular weight excluding hydrogens is 498 g/mol. The van der Waals surface area contributed by atoms with Crippen molar-refractivity contribution in [1.29, 1.82) is 0 Å². The van der Waals surface area contributed by atoms with Gasteiger partial charge in [-0.15, -0.1) is 0 Å². The quantitative estimate of drug-likeness (QED) is 0.257. The van der Waals surface area contributed by atoms with Crippen LogP contribution in [-0.2, 0) is 9.53 Å². The zero-order valence-corrected chi connectivity index (χ0v) is 22.2. The maximum atomic E-state index is 12.5. The number of hydrogen-bond acceptors (Lipinski definition) is 8. The molecule has 0 atom stereocenters. The molecule has 9 nitrogen and oxygen atoms in total. The number of nitrogens with zero attached hydrogens (tertiary/aromatic N) is 1. The number of likely N-dealkylation sites (tertiary alicyclic amines) is 1. The average Bonchev–Trinajstić information content (AvgIpc) is 2.92. The molecule has 0 spiro atoms. The summed E-state index contributed by atoms with van der Waals surface area (Å²) in [4.78, 5) is 27.0. The Bertz CT molecular complexity index is 1120. The maximum Gasteiger partial charge on any atom is 0.342 e. The summed E-state index contributed by atoms with van der Waals surface area (Å²) in [5, 5.41) is 3.26. The highest BCUT2D eigenvalue weighted by Crippen LogP contribution is 2.29. The fraction of sp³-hybridized carbons (Fsp3) is 0.407. The lowest BCUT2D eigenvalue weighted by Gasteiger charge is -2.31. The van der Waals surface area contributed by atoms with Gasteiger partial charge in [0.05, 0.1) is 32.0 Å². The van der Waals surface area contributed by atoms with Crippen molar-refractivity contribution < 1.29 is 28.5 Å².